The summed E-state index contributed by atoms with van der Waals surface area (Å²) in [5.74, 6) is 0.478. The highest BCUT2D eigenvalue weighted by Crippen LogP contribution is 2.27. The van der Waals surface area contributed by atoms with Crippen LogP contribution < -0.4 is 10.9 Å². The molecule has 1 heterocycles. The fourth-order valence-electron chi connectivity index (χ4n) is 3.72. The van der Waals surface area contributed by atoms with E-state index in [1.54, 1.807) is 0 Å². The first-order valence-corrected chi connectivity index (χ1v) is 9.35. The van der Waals surface area contributed by atoms with E-state index in [1.807, 2.05) is 30.5 Å². The number of carbonyl (C=O) groups excluding carboxylic acids is 2. The first kappa shape index (κ1) is 17.5. The van der Waals surface area contributed by atoms with E-state index in [4.69, 9.17) is 0 Å². The van der Waals surface area contributed by atoms with Gasteiger partial charge in [0.1, 0.15) is 0 Å². The van der Waals surface area contributed by atoms with E-state index < -0.39 is 0 Å². The third-order valence-electron chi connectivity index (χ3n) is 5.11. The van der Waals surface area contributed by atoms with Crippen LogP contribution in [0.15, 0.2) is 30.5 Å². The second kappa shape index (κ2) is 8.70. The van der Waals surface area contributed by atoms with Crippen LogP contribution in [0.1, 0.15) is 56.9 Å². The molecule has 5 heteroatoms. The van der Waals surface area contributed by atoms with Gasteiger partial charge in [0.15, 0.2) is 0 Å². The number of hydrogen-bond acceptors (Lipinski definition) is 2. The van der Waals surface area contributed by atoms with Crippen molar-refractivity contribution in [3.63, 3.8) is 0 Å². The molecule has 0 radical (unpaired) electrons. The van der Waals surface area contributed by atoms with Crippen LogP contribution in [-0.4, -0.2) is 16.8 Å². The third-order valence-corrected chi connectivity index (χ3v) is 5.11. The van der Waals surface area contributed by atoms with Gasteiger partial charge in [0, 0.05) is 23.5 Å². The fourth-order valence-corrected chi connectivity index (χ4v) is 3.72. The molecule has 0 bridgehead atoms. The van der Waals surface area contributed by atoms with Crippen LogP contribution in [0.4, 0.5) is 0 Å². The summed E-state index contributed by atoms with van der Waals surface area (Å²) < 4.78 is 0. The number of hydrazine groups is 1. The third kappa shape index (κ3) is 5.08. The Hall–Kier alpha value is -2.30. The second-order valence-electron chi connectivity index (χ2n) is 7.03. The zero-order chi connectivity index (χ0) is 17.5. The molecule has 1 aliphatic rings. The Morgan fingerprint density at radius 3 is 2.64 bits per heavy atom. The molecule has 1 aromatic heterocycles. The Morgan fingerprint density at radius 1 is 1.04 bits per heavy atom. The number of carbonyl (C=O) groups is 2. The summed E-state index contributed by atoms with van der Waals surface area (Å²) in [5, 5.41) is 1.04. The predicted octanol–water partition coefficient (Wildman–Crippen LogP) is 3.61. The smallest absolute Gasteiger partial charge is 0.242 e. The van der Waals surface area contributed by atoms with E-state index in [0.29, 0.717) is 6.42 Å². The molecule has 0 aliphatic heterocycles. The highest BCUT2D eigenvalue weighted by molar-refractivity contribution is 5.89. The summed E-state index contributed by atoms with van der Waals surface area (Å²) in [5.41, 5.74) is 6.99. The van der Waals surface area contributed by atoms with Gasteiger partial charge < -0.3 is 4.98 Å². The van der Waals surface area contributed by atoms with Crippen LogP contribution in [0.2, 0.25) is 0 Å². The quantitative estimate of drug-likeness (QED) is 0.702. The molecular formula is C20H27N3O2. The number of aromatic nitrogens is 1. The zero-order valence-corrected chi connectivity index (χ0v) is 14.6. The highest BCUT2D eigenvalue weighted by atomic mass is 16.2. The van der Waals surface area contributed by atoms with E-state index in [2.05, 4.69) is 15.8 Å². The van der Waals surface area contributed by atoms with Crippen LogP contribution >= 0.6 is 0 Å². The molecule has 5 nitrogen and oxygen atoms in total. The lowest BCUT2D eigenvalue weighted by molar-refractivity contribution is -0.128. The Bertz CT molecular complexity index is 717. The Labute approximate surface area is 148 Å². The van der Waals surface area contributed by atoms with Crippen molar-refractivity contribution >= 4 is 22.7 Å². The van der Waals surface area contributed by atoms with E-state index in [1.165, 1.54) is 32.1 Å². The van der Waals surface area contributed by atoms with Crippen LogP contribution in [-0.2, 0) is 16.0 Å². The highest BCUT2D eigenvalue weighted by Gasteiger charge is 2.14. The van der Waals surface area contributed by atoms with Crippen molar-refractivity contribution in [1.82, 2.24) is 15.8 Å². The zero-order valence-electron chi connectivity index (χ0n) is 14.6. The van der Waals surface area contributed by atoms with Gasteiger partial charge in [-0.05, 0) is 30.4 Å². The maximum atomic E-state index is 12.0. The van der Waals surface area contributed by atoms with Crippen molar-refractivity contribution in [3.8, 4) is 0 Å². The lowest BCUT2D eigenvalue weighted by atomic mass is 9.86. The fraction of sp³-hybridized carbons (Fsp3) is 0.500. The number of benzene rings is 1. The second-order valence-corrected chi connectivity index (χ2v) is 7.03. The van der Waals surface area contributed by atoms with Gasteiger partial charge in [0.05, 0.1) is 6.42 Å². The van der Waals surface area contributed by atoms with Crippen molar-refractivity contribution in [2.45, 2.75) is 57.8 Å². The largest absolute Gasteiger partial charge is 0.361 e. The predicted molar refractivity (Wildman–Crippen MR) is 98.7 cm³/mol. The molecule has 25 heavy (non-hydrogen) atoms. The van der Waals surface area contributed by atoms with Gasteiger partial charge in [-0.3, -0.25) is 20.4 Å². The molecule has 1 saturated carbocycles. The molecule has 2 amide bonds. The van der Waals surface area contributed by atoms with Crippen LogP contribution in [0, 0.1) is 5.92 Å². The monoisotopic (exact) mass is 341 g/mol. The number of para-hydroxylation sites is 1. The molecule has 134 valence electrons. The number of fused-ring (bicyclic) bond motifs is 1. The van der Waals surface area contributed by atoms with Gasteiger partial charge in [-0.1, -0.05) is 50.3 Å². The Morgan fingerprint density at radius 2 is 1.80 bits per heavy atom. The molecule has 1 fully saturated rings. The van der Waals surface area contributed by atoms with Gasteiger partial charge in [-0.15, -0.1) is 0 Å². The van der Waals surface area contributed by atoms with Gasteiger partial charge in [0.25, 0.3) is 0 Å². The summed E-state index contributed by atoms with van der Waals surface area (Å²) in [6.45, 7) is 0. The lowest BCUT2D eigenvalue weighted by Crippen LogP contribution is -2.42. The summed E-state index contributed by atoms with van der Waals surface area (Å²) >= 11 is 0. The molecule has 0 unspecified atom stereocenters. The van der Waals surface area contributed by atoms with Crippen LogP contribution in [0.5, 0.6) is 0 Å². The summed E-state index contributed by atoms with van der Waals surface area (Å²) in [4.78, 5) is 27.1. The van der Waals surface area contributed by atoms with Crippen molar-refractivity contribution < 1.29 is 9.59 Å². The minimum atomic E-state index is -0.203. The van der Waals surface area contributed by atoms with Gasteiger partial charge in [-0.2, -0.15) is 0 Å². The first-order chi connectivity index (χ1) is 12.2. The normalized spacial score (nSPS) is 15.2. The number of aromatic amines is 1. The van der Waals surface area contributed by atoms with Crippen molar-refractivity contribution in [1.29, 1.82) is 0 Å². The molecular weight excluding hydrogens is 314 g/mol. The van der Waals surface area contributed by atoms with E-state index >= 15 is 0 Å². The molecule has 3 N–H and O–H groups in total. The number of hydrogen-bond donors (Lipinski definition) is 3. The van der Waals surface area contributed by atoms with Crippen molar-refractivity contribution in [3.05, 3.63) is 36.0 Å². The maximum absolute atomic E-state index is 12.0. The number of rotatable bonds is 6. The van der Waals surface area contributed by atoms with Gasteiger partial charge in [-0.25, -0.2) is 0 Å². The molecule has 3 rings (SSSR count). The maximum Gasteiger partial charge on any atom is 0.242 e. The number of H-pyrrole nitrogens is 1. The van der Waals surface area contributed by atoms with Gasteiger partial charge >= 0.3 is 0 Å². The summed E-state index contributed by atoms with van der Waals surface area (Å²) in [6.07, 6.45) is 11.2. The average molecular weight is 341 g/mol. The minimum absolute atomic E-state index is 0.108. The van der Waals surface area contributed by atoms with Crippen molar-refractivity contribution in [2.75, 3.05) is 0 Å². The Kier molecular flexibility index (Phi) is 6.09. The molecule has 0 atom stereocenters. The van der Waals surface area contributed by atoms with E-state index in [-0.39, 0.29) is 18.2 Å². The average Bonchev–Trinajstić information content (AvgIpc) is 3.04. The van der Waals surface area contributed by atoms with Crippen LogP contribution in [0.25, 0.3) is 10.9 Å². The molecule has 0 saturated heterocycles. The van der Waals surface area contributed by atoms with E-state index in [0.717, 1.165) is 35.2 Å². The summed E-state index contributed by atoms with van der Waals surface area (Å²) in [7, 11) is 0. The first-order valence-electron chi connectivity index (χ1n) is 9.35. The topological polar surface area (TPSA) is 74.0 Å². The minimum Gasteiger partial charge on any atom is -0.361 e. The van der Waals surface area contributed by atoms with Gasteiger partial charge in [0.2, 0.25) is 11.8 Å². The number of amides is 2. The van der Waals surface area contributed by atoms with Crippen LogP contribution in [0.3, 0.4) is 0 Å². The SMILES string of the molecule is O=C(CCCC1CCCCC1)NNC(=O)Cc1c[nH]c2ccccc12. The van der Waals surface area contributed by atoms with E-state index in [9.17, 15) is 9.59 Å². The van der Waals surface area contributed by atoms with Crippen molar-refractivity contribution in [2.24, 2.45) is 5.92 Å². The lowest BCUT2D eigenvalue weighted by Gasteiger charge is -2.21. The molecule has 0 spiro atoms. The molecule has 1 aromatic carbocycles. The summed E-state index contributed by atoms with van der Waals surface area (Å²) in [6, 6.07) is 7.87. The number of nitrogens with one attached hydrogen (secondary N) is 3. The Balaban J connectivity index is 1.36. The standard InChI is InChI=1S/C20H27N3O2/c24-19(12-6-9-15-7-2-1-3-8-15)22-23-20(25)13-16-14-21-18-11-5-4-10-17(16)18/h4-5,10-11,14-15,21H,1-3,6-9,12-13H2,(H,22,24)(H,23,25). The molecule has 1 aliphatic carbocycles. The molecule has 2 aromatic rings.